The van der Waals surface area contributed by atoms with E-state index in [0.717, 1.165) is 0 Å². The Hall–Kier alpha value is -0.870. The van der Waals surface area contributed by atoms with Crippen molar-refractivity contribution in [1.82, 2.24) is 0 Å². The van der Waals surface area contributed by atoms with Crippen LogP contribution in [0.1, 0.15) is 0 Å². The van der Waals surface area contributed by atoms with Crippen LogP contribution in [0.25, 0.3) is 0 Å². The summed E-state index contributed by atoms with van der Waals surface area (Å²) in [4.78, 5) is 0. The molecule has 0 radical (unpaired) electrons. The highest BCUT2D eigenvalue weighted by Crippen LogP contribution is 2.22. The van der Waals surface area contributed by atoms with Crippen molar-refractivity contribution in [3.8, 4) is 0 Å². The number of hydrogen-bond acceptors (Lipinski definition) is 3. The van der Waals surface area contributed by atoms with E-state index in [0.29, 0.717) is 5.02 Å². The van der Waals surface area contributed by atoms with Crippen LogP contribution in [-0.2, 0) is 10.5 Å². The number of hydrogen-bond donors (Lipinski definition) is 0. The Morgan fingerprint density at radius 2 is 1.91 bits per heavy atom. The molecule has 0 fully saturated rings. The Labute approximate surface area is 70.3 Å². The second kappa shape index (κ2) is 3.50. The molecule has 0 aliphatic heterocycles. The van der Waals surface area contributed by atoms with E-state index in [2.05, 4.69) is 4.36 Å². The van der Waals surface area contributed by atoms with Gasteiger partial charge in [0.05, 0.1) is 10.7 Å². The number of benzene rings is 1. The van der Waals surface area contributed by atoms with Gasteiger partial charge in [-0.2, -0.15) is 8.42 Å². The highest BCUT2D eigenvalue weighted by atomic mass is 35.5. The van der Waals surface area contributed by atoms with Gasteiger partial charge >= 0.3 is 10.5 Å². The maximum atomic E-state index is 10.1. The van der Waals surface area contributed by atoms with Crippen molar-refractivity contribution in [3.63, 3.8) is 0 Å². The molecule has 0 aliphatic rings. The number of halogens is 1. The van der Waals surface area contributed by atoms with Gasteiger partial charge in [-0.15, -0.1) is 4.36 Å². The second-order valence-electron chi connectivity index (χ2n) is 1.76. The molecule has 0 heterocycles. The van der Waals surface area contributed by atoms with Crippen LogP contribution >= 0.6 is 11.6 Å². The third-order valence-corrected chi connectivity index (χ3v) is 1.69. The Bertz CT molecular complexity index is 377. The summed E-state index contributed by atoms with van der Waals surface area (Å²) >= 11 is 5.60. The molecule has 0 aromatic heterocycles. The van der Waals surface area contributed by atoms with Gasteiger partial charge in [0, 0.05) is 0 Å². The van der Waals surface area contributed by atoms with Gasteiger partial charge in [-0.3, -0.25) is 0 Å². The topological polar surface area (TPSA) is 46.5 Å². The van der Waals surface area contributed by atoms with Crippen molar-refractivity contribution in [1.29, 1.82) is 0 Å². The quantitative estimate of drug-likeness (QED) is 0.679. The van der Waals surface area contributed by atoms with Crippen molar-refractivity contribution >= 4 is 27.8 Å². The summed E-state index contributed by atoms with van der Waals surface area (Å²) in [7, 11) is -2.44. The lowest BCUT2D eigenvalue weighted by Gasteiger charge is -1.90. The van der Waals surface area contributed by atoms with Gasteiger partial charge in [-0.1, -0.05) is 23.7 Å². The van der Waals surface area contributed by atoms with Gasteiger partial charge in [0.1, 0.15) is 0 Å². The third-order valence-electron chi connectivity index (χ3n) is 1.03. The van der Waals surface area contributed by atoms with Crippen LogP contribution in [0, 0.1) is 0 Å². The summed E-state index contributed by atoms with van der Waals surface area (Å²) in [5.74, 6) is 0. The number of nitrogens with zero attached hydrogens (tertiary/aromatic N) is 1. The average molecular weight is 190 g/mol. The van der Waals surface area contributed by atoms with Crippen molar-refractivity contribution in [2.75, 3.05) is 0 Å². The van der Waals surface area contributed by atoms with E-state index in [4.69, 9.17) is 11.6 Å². The maximum Gasteiger partial charge on any atom is 0.316 e. The van der Waals surface area contributed by atoms with E-state index in [1.807, 2.05) is 0 Å². The highest BCUT2D eigenvalue weighted by Gasteiger charge is 1.94. The summed E-state index contributed by atoms with van der Waals surface area (Å²) in [6.07, 6.45) is 0. The van der Waals surface area contributed by atoms with Gasteiger partial charge < -0.3 is 0 Å². The molecule has 0 amide bonds. The van der Waals surface area contributed by atoms with E-state index in [-0.39, 0.29) is 5.69 Å². The van der Waals surface area contributed by atoms with Crippen LogP contribution in [0.15, 0.2) is 28.6 Å². The normalized spacial score (nSPS) is 9.18. The first kappa shape index (κ1) is 8.23. The maximum absolute atomic E-state index is 10.1. The summed E-state index contributed by atoms with van der Waals surface area (Å²) in [5.41, 5.74) is 0.266. The molecule has 1 rings (SSSR count). The SMILES string of the molecule is O=S(=O)=Nc1ccccc1Cl. The molecule has 0 atom stereocenters. The van der Waals surface area contributed by atoms with Crippen molar-refractivity contribution in [3.05, 3.63) is 29.3 Å². The van der Waals surface area contributed by atoms with Crippen molar-refractivity contribution in [2.24, 2.45) is 4.36 Å². The van der Waals surface area contributed by atoms with Crippen LogP contribution in [0.5, 0.6) is 0 Å². The largest absolute Gasteiger partial charge is 0.316 e. The molecule has 0 bridgehead atoms. The fourth-order valence-corrected chi connectivity index (χ4v) is 1.15. The van der Waals surface area contributed by atoms with Gasteiger partial charge in [0.15, 0.2) is 0 Å². The molecule has 5 heteroatoms. The fourth-order valence-electron chi connectivity index (χ4n) is 0.606. The van der Waals surface area contributed by atoms with Crippen LogP contribution in [0.2, 0.25) is 5.02 Å². The first-order chi connectivity index (χ1) is 5.20. The summed E-state index contributed by atoms with van der Waals surface area (Å²) in [5, 5.41) is 0.330. The Morgan fingerprint density at radius 3 is 2.45 bits per heavy atom. The minimum absolute atomic E-state index is 0.266. The van der Waals surface area contributed by atoms with Crippen LogP contribution in [0.4, 0.5) is 5.69 Å². The molecule has 0 aliphatic carbocycles. The lowest BCUT2D eigenvalue weighted by molar-refractivity contribution is 0.622. The molecule has 0 unspecified atom stereocenters. The summed E-state index contributed by atoms with van der Waals surface area (Å²) < 4.78 is 23.4. The smallest absolute Gasteiger partial charge is 0.163 e. The van der Waals surface area contributed by atoms with E-state index in [9.17, 15) is 8.42 Å². The Balaban J connectivity index is 3.25. The zero-order valence-corrected chi connectivity index (χ0v) is 6.93. The standard InChI is InChI=1S/C6H4ClNO2S/c7-5-3-1-2-4-6(5)8-11(9)10/h1-4H. The average Bonchev–Trinajstić information content (AvgIpc) is 1.93. The predicted molar refractivity (Wildman–Crippen MR) is 42.5 cm³/mol. The molecule has 0 spiro atoms. The summed E-state index contributed by atoms with van der Waals surface area (Å²) in [6, 6.07) is 6.47. The Kier molecular flexibility index (Phi) is 2.62. The van der Waals surface area contributed by atoms with Crippen LogP contribution in [-0.4, -0.2) is 8.42 Å². The molecule has 0 saturated carbocycles. The molecule has 1 aromatic rings. The molecule has 0 N–H and O–H groups in total. The van der Waals surface area contributed by atoms with Crippen molar-refractivity contribution < 1.29 is 8.42 Å². The Morgan fingerprint density at radius 1 is 1.27 bits per heavy atom. The third kappa shape index (κ3) is 2.32. The molecular formula is C6H4ClNO2S. The minimum atomic E-state index is -2.44. The molecule has 58 valence electrons. The molecular weight excluding hydrogens is 186 g/mol. The van der Waals surface area contributed by atoms with Crippen LogP contribution in [0.3, 0.4) is 0 Å². The zero-order valence-electron chi connectivity index (χ0n) is 5.36. The highest BCUT2D eigenvalue weighted by molar-refractivity contribution is 7.61. The first-order valence-electron chi connectivity index (χ1n) is 2.76. The van der Waals surface area contributed by atoms with E-state index >= 15 is 0 Å². The monoisotopic (exact) mass is 189 g/mol. The molecule has 0 saturated heterocycles. The first-order valence-corrected chi connectivity index (χ1v) is 4.17. The predicted octanol–water partition coefficient (Wildman–Crippen LogP) is 2.03. The van der Waals surface area contributed by atoms with E-state index in [1.54, 1.807) is 18.2 Å². The van der Waals surface area contributed by atoms with Crippen molar-refractivity contribution in [2.45, 2.75) is 0 Å². The molecule has 11 heavy (non-hydrogen) atoms. The second-order valence-corrected chi connectivity index (χ2v) is 2.78. The van der Waals surface area contributed by atoms with Gasteiger partial charge in [0.25, 0.3) is 0 Å². The minimum Gasteiger partial charge on any atom is -0.163 e. The summed E-state index contributed by atoms with van der Waals surface area (Å²) in [6.45, 7) is 0. The lowest BCUT2D eigenvalue weighted by Crippen LogP contribution is -1.65. The van der Waals surface area contributed by atoms with Gasteiger partial charge in [-0.25, -0.2) is 0 Å². The fraction of sp³-hybridized carbons (Fsp3) is 0. The lowest BCUT2D eigenvalue weighted by atomic mass is 10.3. The zero-order chi connectivity index (χ0) is 8.27. The van der Waals surface area contributed by atoms with E-state index in [1.165, 1.54) is 6.07 Å². The molecule has 1 aromatic carbocycles. The number of rotatable bonds is 1. The van der Waals surface area contributed by atoms with E-state index < -0.39 is 10.5 Å². The van der Waals surface area contributed by atoms with Gasteiger partial charge in [-0.05, 0) is 12.1 Å². The van der Waals surface area contributed by atoms with Gasteiger partial charge in [0.2, 0.25) is 0 Å². The van der Waals surface area contributed by atoms with Crippen LogP contribution < -0.4 is 0 Å². The molecule has 3 nitrogen and oxygen atoms in total.